The molecular formula is C30H30F2N8O4. The molecule has 0 aliphatic carbocycles. The van der Waals surface area contributed by atoms with Gasteiger partial charge in [-0.15, -0.1) is 0 Å². The summed E-state index contributed by atoms with van der Waals surface area (Å²) in [5.74, 6) is 0.146. The van der Waals surface area contributed by atoms with Gasteiger partial charge in [-0.2, -0.15) is 19.0 Å². The molecule has 228 valence electrons. The lowest BCUT2D eigenvalue weighted by Gasteiger charge is -2.19. The van der Waals surface area contributed by atoms with Gasteiger partial charge in [-0.3, -0.25) is 19.2 Å². The molecule has 0 spiro atoms. The number of benzene rings is 2. The zero-order valence-electron chi connectivity index (χ0n) is 24.4. The van der Waals surface area contributed by atoms with Crippen molar-refractivity contribution >= 4 is 23.1 Å². The van der Waals surface area contributed by atoms with E-state index in [1.54, 1.807) is 51.9 Å². The number of aryl methyl sites for hydroxylation is 1. The maximum Gasteiger partial charge on any atom is 0.387 e. The molecule has 0 fully saturated rings. The number of rotatable bonds is 11. The molecular weight excluding hydrogens is 574 g/mol. The summed E-state index contributed by atoms with van der Waals surface area (Å²) in [6.45, 7) is -2.34. The molecule has 0 atom stereocenters. The Balaban J connectivity index is 1.42. The molecule has 12 nitrogen and oxygen atoms in total. The van der Waals surface area contributed by atoms with Gasteiger partial charge in [-0.25, -0.2) is 9.50 Å². The first-order chi connectivity index (χ1) is 21.1. The summed E-state index contributed by atoms with van der Waals surface area (Å²) in [6, 6.07) is 13.4. The smallest absolute Gasteiger partial charge is 0.387 e. The Hall–Kier alpha value is -5.37. The number of nitrogens with one attached hydrogen (secondary N) is 1. The third-order valence-corrected chi connectivity index (χ3v) is 6.51. The average Bonchev–Trinajstić information content (AvgIpc) is 3.56. The molecule has 5 rings (SSSR count). The highest BCUT2D eigenvalue weighted by molar-refractivity contribution is 6.09. The Bertz CT molecular complexity index is 1800. The highest BCUT2D eigenvalue weighted by Crippen LogP contribution is 2.39. The molecule has 0 saturated heterocycles. The Labute approximate surface area is 251 Å². The molecule has 5 aromatic rings. The van der Waals surface area contributed by atoms with E-state index in [4.69, 9.17) is 9.47 Å². The van der Waals surface area contributed by atoms with Crippen LogP contribution in [0.5, 0.6) is 17.2 Å². The van der Waals surface area contributed by atoms with Crippen molar-refractivity contribution < 1.29 is 27.8 Å². The molecule has 2 aromatic carbocycles. The van der Waals surface area contributed by atoms with E-state index in [9.17, 15) is 18.4 Å². The van der Waals surface area contributed by atoms with Gasteiger partial charge in [0.2, 0.25) is 5.91 Å². The first-order valence-electron chi connectivity index (χ1n) is 13.5. The third kappa shape index (κ3) is 6.98. The second-order valence-corrected chi connectivity index (χ2v) is 10.2. The molecule has 2 amide bonds. The van der Waals surface area contributed by atoms with Gasteiger partial charge in [0.25, 0.3) is 5.91 Å². The van der Waals surface area contributed by atoms with E-state index in [2.05, 4.69) is 20.5 Å². The van der Waals surface area contributed by atoms with Gasteiger partial charge in [-0.1, -0.05) is 12.1 Å². The van der Waals surface area contributed by atoms with Gasteiger partial charge in [0.15, 0.2) is 5.65 Å². The molecule has 0 unspecified atom stereocenters. The second-order valence-electron chi connectivity index (χ2n) is 10.2. The van der Waals surface area contributed by atoms with Crippen molar-refractivity contribution in [1.29, 1.82) is 0 Å². The topological polar surface area (TPSA) is 119 Å². The molecule has 0 aliphatic rings. The number of likely N-dealkylation sites (N-methyl/N-ethyl adjacent to an activating group) is 2. The fourth-order valence-electron chi connectivity index (χ4n) is 4.50. The largest absolute Gasteiger partial charge is 0.457 e. The van der Waals surface area contributed by atoms with Crippen LogP contribution in [0.3, 0.4) is 0 Å². The molecule has 3 heterocycles. The zero-order valence-corrected chi connectivity index (χ0v) is 24.4. The summed E-state index contributed by atoms with van der Waals surface area (Å²) in [7, 11) is 6.89. The van der Waals surface area contributed by atoms with E-state index < -0.39 is 12.5 Å². The van der Waals surface area contributed by atoms with Gasteiger partial charge in [-0.05, 0) is 49.0 Å². The summed E-state index contributed by atoms with van der Waals surface area (Å²) in [6.07, 6.45) is 6.14. The van der Waals surface area contributed by atoms with E-state index in [1.807, 2.05) is 30.1 Å². The number of nitrogens with zero attached hydrogens (tertiary/aromatic N) is 7. The normalized spacial score (nSPS) is 11.3. The molecule has 0 radical (unpaired) electrons. The highest BCUT2D eigenvalue weighted by Gasteiger charge is 2.22. The number of aromatic nitrogens is 5. The van der Waals surface area contributed by atoms with Crippen LogP contribution in [0.25, 0.3) is 16.9 Å². The van der Waals surface area contributed by atoms with Crippen LogP contribution in [-0.2, 0) is 18.4 Å². The van der Waals surface area contributed by atoms with Crippen molar-refractivity contribution in [1.82, 2.24) is 34.2 Å². The van der Waals surface area contributed by atoms with Crippen LogP contribution in [0.2, 0.25) is 0 Å². The van der Waals surface area contributed by atoms with Crippen LogP contribution >= 0.6 is 0 Å². The van der Waals surface area contributed by atoms with Crippen molar-refractivity contribution in [2.75, 3.05) is 33.0 Å². The summed E-state index contributed by atoms with van der Waals surface area (Å²) in [5, 5.41) is 11.4. The number of amides is 2. The summed E-state index contributed by atoms with van der Waals surface area (Å²) < 4.78 is 40.6. The van der Waals surface area contributed by atoms with Gasteiger partial charge >= 0.3 is 6.61 Å². The third-order valence-electron chi connectivity index (χ3n) is 6.51. The zero-order chi connectivity index (χ0) is 31.4. The maximum atomic E-state index is 13.4. The van der Waals surface area contributed by atoms with Gasteiger partial charge < -0.3 is 19.7 Å². The lowest BCUT2D eigenvalue weighted by molar-refractivity contribution is -0.129. The first kappa shape index (κ1) is 30.1. The van der Waals surface area contributed by atoms with E-state index in [1.165, 1.54) is 38.5 Å². The van der Waals surface area contributed by atoms with Crippen LogP contribution in [0, 0.1) is 0 Å². The van der Waals surface area contributed by atoms with Crippen molar-refractivity contribution in [3.8, 4) is 28.5 Å². The van der Waals surface area contributed by atoms with Crippen molar-refractivity contribution in [2.45, 2.75) is 13.2 Å². The number of halogens is 2. The van der Waals surface area contributed by atoms with Crippen molar-refractivity contribution in [3.05, 3.63) is 84.4 Å². The molecule has 0 aliphatic heterocycles. The summed E-state index contributed by atoms with van der Waals surface area (Å²) >= 11 is 0. The number of carbonyl (C=O) groups is 2. The Morgan fingerprint density at radius 2 is 1.86 bits per heavy atom. The standard InChI is InChI=1S/C30H30F2N8O4/c1-37(2)26(41)18-38(3)16-19-7-5-8-20(13-19)43-21-9-10-25(44-30(31)32)22(14-21)27-24(17-39(4)36-27)35-29(42)23-15-34-40-12-6-11-33-28(23)40/h5-15,17,30H,16,18H2,1-4H3,(H,35,42). The lowest BCUT2D eigenvalue weighted by atomic mass is 10.1. The number of hydrogen-bond acceptors (Lipinski definition) is 8. The van der Waals surface area contributed by atoms with E-state index >= 15 is 0 Å². The van der Waals surface area contributed by atoms with Crippen molar-refractivity contribution in [3.63, 3.8) is 0 Å². The number of ether oxygens (including phenoxy) is 2. The molecule has 0 saturated carbocycles. The SMILES string of the molecule is CN(CC(=O)N(C)C)Cc1cccc(Oc2ccc(OC(F)F)c(-c3nn(C)cc3NC(=O)c3cnn4cccnc34)c2)c1. The predicted octanol–water partition coefficient (Wildman–Crippen LogP) is 4.30. The van der Waals surface area contributed by atoms with E-state index in [0.717, 1.165) is 5.56 Å². The average molecular weight is 605 g/mol. The molecule has 1 N–H and O–H groups in total. The Morgan fingerprint density at radius 3 is 2.64 bits per heavy atom. The predicted molar refractivity (Wildman–Crippen MR) is 158 cm³/mol. The minimum absolute atomic E-state index is 0.0149. The monoisotopic (exact) mass is 604 g/mol. The second kappa shape index (κ2) is 12.9. The van der Waals surface area contributed by atoms with Crippen LogP contribution in [0.15, 0.2) is 73.3 Å². The summed E-state index contributed by atoms with van der Waals surface area (Å²) in [4.78, 5) is 32.9. The van der Waals surface area contributed by atoms with Gasteiger partial charge in [0.05, 0.1) is 24.0 Å². The fourth-order valence-corrected chi connectivity index (χ4v) is 4.50. The Morgan fingerprint density at radius 1 is 1.07 bits per heavy atom. The summed E-state index contributed by atoms with van der Waals surface area (Å²) in [5.41, 5.74) is 2.10. The highest BCUT2D eigenvalue weighted by atomic mass is 19.3. The molecule has 14 heteroatoms. The lowest BCUT2D eigenvalue weighted by Crippen LogP contribution is -2.34. The van der Waals surface area contributed by atoms with Gasteiger partial charge in [0, 0.05) is 46.3 Å². The van der Waals surface area contributed by atoms with Crippen LogP contribution < -0.4 is 14.8 Å². The number of hydrogen-bond donors (Lipinski definition) is 1. The van der Waals surface area contributed by atoms with Crippen LogP contribution in [-0.4, -0.2) is 80.3 Å². The minimum atomic E-state index is -3.10. The van der Waals surface area contributed by atoms with E-state index in [0.29, 0.717) is 23.7 Å². The van der Waals surface area contributed by atoms with E-state index in [-0.39, 0.29) is 40.7 Å². The number of fused-ring (bicyclic) bond motifs is 1. The molecule has 0 bridgehead atoms. The van der Waals surface area contributed by atoms with Crippen LogP contribution in [0.4, 0.5) is 14.5 Å². The Kier molecular flexibility index (Phi) is 8.81. The molecule has 44 heavy (non-hydrogen) atoms. The van der Waals surface area contributed by atoms with Crippen LogP contribution in [0.1, 0.15) is 15.9 Å². The van der Waals surface area contributed by atoms with Gasteiger partial charge in [0.1, 0.15) is 28.5 Å². The number of carbonyl (C=O) groups excluding carboxylic acids is 2. The number of anilines is 1. The number of alkyl halides is 2. The minimum Gasteiger partial charge on any atom is -0.457 e. The quantitative estimate of drug-likeness (QED) is 0.237. The van der Waals surface area contributed by atoms with Crippen molar-refractivity contribution in [2.24, 2.45) is 7.05 Å². The fraction of sp³-hybridized carbons (Fsp3) is 0.233. The maximum absolute atomic E-state index is 13.4. The first-order valence-corrected chi connectivity index (χ1v) is 13.5. The molecule has 3 aromatic heterocycles.